The van der Waals surface area contributed by atoms with Crippen molar-refractivity contribution < 1.29 is 114 Å². The lowest BCUT2D eigenvalue weighted by molar-refractivity contribution is -0.438. The molecule has 1 unspecified atom stereocenters. The number of fused-ring (bicyclic) bond motifs is 6. The van der Waals surface area contributed by atoms with Crippen molar-refractivity contribution in [2.24, 2.45) is 5.92 Å². The Morgan fingerprint density at radius 1 is 0.623 bits per heavy atom. The van der Waals surface area contributed by atoms with Crippen LogP contribution < -0.4 is 31.5 Å². The Labute approximate surface area is 721 Å². The fourth-order valence-corrected chi connectivity index (χ4v) is 19.9. The lowest BCUT2D eigenvalue weighted by Crippen LogP contribution is -2.54. The maximum absolute atomic E-state index is 14.1. The van der Waals surface area contributed by atoms with Crippen molar-refractivity contribution in [3.63, 3.8) is 0 Å². The number of likely N-dealkylation sites (N-methyl/N-ethyl adjacent to an activating group) is 1. The summed E-state index contributed by atoms with van der Waals surface area (Å²) in [6.07, 6.45) is 10.2. The van der Waals surface area contributed by atoms with Gasteiger partial charge in [0.05, 0.1) is 47.6 Å². The van der Waals surface area contributed by atoms with Crippen LogP contribution in [0.15, 0.2) is 192 Å². The lowest BCUT2D eigenvalue weighted by Gasteiger charge is -2.26. The molecular weight excluding hydrogens is 1770 g/mol. The fourth-order valence-electron chi connectivity index (χ4n) is 15.1. The predicted octanol–water partition coefficient (Wildman–Crippen LogP) is 11.8. The van der Waals surface area contributed by atoms with Gasteiger partial charge in [-0.15, -0.1) is 0 Å². The highest BCUT2D eigenvalue weighted by Crippen LogP contribution is 2.52. The monoisotopic (exact) mass is 1860 g/mol. The van der Waals surface area contributed by atoms with Gasteiger partial charge in [-0.2, -0.15) is 38.2 Å². The third-order valence-electron chi connectivity index (χ3n) is 21.0. The van der Waals surface area contributed by atoms with Crippen molar-refractivity contribution in [1.29, 1.82) is 0 Å². The van der Waals surface area contributed by atoms with Crippen LogP contribution in [0.3, 0.4) is 0 Å². The normalized spacial score (nSPS) is 15.7. The van der Waals surface area contributed by atoms with E-state index in [2.05, 4.69) is 42.4 Å². The topological polar surface area (TPSA) is 468 Å². The van der Waals surface area contributed by atoms with Crippen molar-refractivity contribution in [1.82, 2.24) is 26.4 Å². The highest BCUT2D eigenvalue weighted by Gasteiger charge is 2.47. The molecule has 0 spiro atoms. The van der Waals surface area contributed by atoms with Crippen LogP contribution in [0.4, 0.5) is 11.4 Å². The van der Waals surface area contributed by atoms with Crippen LogP contribution in [0.2, 0.25) is 5.02 Å². The van der Waals surface area contributed by atoms with E-state index in [1.165, 1.54) is 43.3 Å². The first-order chi connectivity index (χ1) is 57.5. The zero-order valence-electron chi connectivity index (χ0n) is 67.6. The molecule has 7 aromatic carbocycles. The van der Waals surface area contributed by atoms with E-state index in [4.69, 9.17) is 30.3 Å². The number of allylic oxidation sites excluding steroid dienone is 6. The predicted molar refractivity (Wildman–Crippen MR) is 463 cm³/mol. The number of carbonyl (C=O) groups excluding carboxylic acids is 4. The van der Waals surface area contributed by atoms with E-state index in [0.29, 0.717) is 119 Å². The summed E-state index contributed by atoms with van der Waals surface area (Å²) < 4.78 is 181. The average Bonchev–Trinajstić information content (AvgIpc) is 1.56. The van der Waals surface area contributed by atoms with Crippen molar-refractivity contribution in [3.8, 4) is 22.4 Å². The van der Waals surface area contributed by atoms with E-state index in [0.717, 1.165) is 16.8 Å². The maximum Gasteiger partial charge on any atom is 0.303 e. The number of carboxylic acids is 1. The SMILES string of the molecule is CCN1/C(=C/C=C/C=C/C2=[N+](CCCCCC(=O)NCCCOCCOCCOCCCNC(=O)[C@H](CCC(=O)O)NC(=O)[C@H](C)NC(=O)[C@H](Cc3cc(-c4ccc(-c5cccc(Cl)c5)cc4)no3)CP(=O)(O)c3ccc(Br)cc3)c3ccc4c(S(=O)(=O)O)cc(S(=O)(=O)O)cc4c3C2(C)C)C(C)(C)c2c1ccc1c(S(=O)(=O)O)cc(S(=O)(=O)O)cc21. The van der Waals surface area contributed by atoms with E-state index in [-0.39, 0.29) is 97.4 Å². The van der Waals surface area contributed by atoms with E-state index in [1.807, 2.05) is 98.7 Å². The molecule has 0 fully saturated rings. The number of rotatable bonds is 43. The highest BCUT2D eigenvalue weighted by atomic mass is 79.9. The lowest BCUT2D eigenvalue weighted by atomic mass is 9.79. The molecule has 4 amide bonds. The summed E-state index contributed by atoms with van der Waals surface area (Å²) in [5.74, 6) is -4.66. The molecule has 2 aliphatic heterocycles. The third-order valence-corrected chi connectivity index (χ3v) is 27.3. The molecule has 0 radical (unpaired) electrons. The molecule has 10 rings (SSSR count). The number of hydrogen-bond donors (Lipinski definition) is 10. The Morgan fingerprint density at radius 2 is 1.21 bits per heavy atom. The second kappa shape index (κ2) is 40.6. The Kier molecular flexibility index (Phi) is 31.6. The first kappa shape index (κ1) is 95.0. The summed E-state index contributed by atoms with van der Waals surface area (Å²) in [4.78, 5) is 76.3. The van der Waals surface area contributed by atoms with Crippen molar-refractivity contribution in [3.05, 3.63) is 190 Å². The van der Waals surface area contributed by atoms with Gasteiger partial charge in [-0.25, -0.2) is 0 Å². The van der Waals surface area contributed by atoms with Crippen LogP contribution in [0.25, 0.3) is 43.9 Å². The second-order valence-corrected chi connectivity index (χ2v) is 39.7. The van der Waals surface area contributed by atoms with Gasteiger partial charge in [0.25, 0.3) is 40.5 Å². The number of ether oxygens (including phenoxy) is 3. The molecular formula is C84H97BrClN7O24PS4+. The minimum Gasteiger partial charge on any atom is -0.481 e. The molecule has 10 N–H and O–H groups in total. The molecule has 2 aliphatic rings. The van der Waals surface area contributed by atoms with Crippen molar-refractivity contribution in [2.45, 2.75) is 142 Å². The van der Waals surface area contributed by atoms with Crippen LogP contribution in [0.1, 0.15) is 110 Å². The van der Waals surface area contributed by atoms with E-state index in [9.17, 15) is 90.4 Å². The zero-order valence-corrected chi connectivity index (χ0v) is 74.1. The van der Waals surface area contributed by atoms with E-state index >= 15 is 0 Å². The summed E-state index contributed by atoms with van der Waals surface area (Å²) in [5.41, 5.74) is 4.74. The van der Waals surface area contributed by atoms with E-state index in [1.54, 1.807) is 54.6 Å². The molecule has 0 bridgehead atoms. The summed E-state index contributed by atoms with van der Waals surface area (Å²) in [7, 11) is -24.1. The molecule has 654 valence electrons. The number of anilines is 1. The Morgan fingerprint density at radius 3 is 1.80 bits per heavy atom. The van der Waals surface area contributed by atoms with Gasteiger partial charge in [0, 0.05) is 136 Å². The van der Waals surface area contributed by atoms with Crippen LogP contribution in [-0.2, 0) is 100 Å². The number of aromatic nitrogens is 1. The minimum absolute atomic E-state index is 0.0111. The van der Waals surface area contributed by atoms with Crippen LogP contribution >= 0.6 is 34.9 Å². The Hall–Kier alpha value is -9.21. The summed E-state index contributed by atoms with van der Waals surface area (Å²) in [5, 5.41) is 25.5. The average molecular weight is 1860 g/mol. The highest BCUT2D eigenvalue weighted by molar-refractivity contribution is 9.10. The number of benzene rings is 7. The molecule has 0 saturated carbocycles. The first-order valence-corrected chi connectivity index (χ1v) is 47.9. The van der Waals surface area contributed by atoms with Gasteiger partial charge in [-0.05, 0) is 166 Å². The maximum atomic E-state index is 14.1. The number of carboxylic acid groups (broad SMARTS) is 1. The van der Waals surface area contributed by atoms with Gasteiger partial charge in [0.1, 0.15) is 39.9 Å². The molecule has 3 heterocycles. The second-order valence-electron chi connectivity index (χ2n) is 30.4. The van der Waals surface area contributed by atoms with Gasteiger partial charge in [0.15, 0.2) is 5.71 Å². The fraction of sp³-hybridized carbons (Fsp3) is 0.369. The largest absolute Gasteiger partial charge is 0.481 e. The number of halogens is 2. The molecule has 0 aliphatic carbocycles. The summed E-state index contributed by atoms with van der Waals surface area (Å²) in [6, 6.07) is 30.0. The van der Waals surface area contributed by atoms with Gasteiger partial charge in [-0.1, -0.05) is 107 Å². The number of amides is 4. The minimum atomic E-state index is -5.03. The number of hydrogen-bond acceptors (Lipinski definition) is 20. The van der Waals surface area contributed by atoms with E-state index < -0.39 is 133 Å². The molecule has 0 saturated heterocycles. The smallest absolute Gasteiger partial charge is 0.303 e. The van der Waals surface area contributed by atoms with Gasteiger partial charge >= 0.3 is 5.97 Å². The Bertz CT molecular complexity index is 5940. The summed E-state index contributed by atoms with van der Waals surface area (Å²) >= 11 is 9.54. The molecule has 122 heavy (non-hydrogen) atoms. The van der Waals surface area contributed by atoms with Crippen molar-refractivity contribution >= 4 is 149 Å². The number of nitrogens with one attached hydrogen (secondary N) is 4. The first-order valence-electron chi connectivity index (χ1n) is 39.1. The number of nitrogens with zero attached hydrogens (tertiary/aromatic N) is 3. The standard InChI is InChI=1S/C84H96BrClN7O24PS4/c1-7-92-70-33-30-64-66(48-62(119(102,103)104)50-72(64)121(108,109)110)78(70)83(3,4)74(92)19-10-8-11-20-75-84(5,6)79-67-49-63(120(105,106)107)51-73(122(111,112)113)65(67)31-34-71(79)93(75)38-13-9-12-21-76(94)87-36-15-39-114-41-43-116-44-42-115-40-16-37-88-82(99)68(32-35-77(95)96)90-80(97)53(2)89-81(98)57(52-118(100,101)61-28-26-58(85)27-29-61)46-60-47-69(91-117-60)55-24-22-54(23-25-55)56-17-14-18-59(86)45-56/h8,10-11,14,17-20,22-31,33-34,45,47-51,53,57,68H,7,9,12-13,15-16,21,32,35-44,46,52H2,1-6H3,(H9-,87,88,89,90,94,95,96,97,98,99,100,101,102,103,104,105,106,107,108,109,110,111,112,113)/p+1/t53-,57+,68-/m0/s1. The number of carbonyl (C=O) groups is 5. The Balaban J connectivity index is 0.649. The number of aliphatic carboxylic acids is 1. The van der Waals surface area contributed by atoms with Crippen LogP contribution in [0, 0.1) is 5.92 Å². The zero-order chi connectivity index (χ0) is 88.9. The van der Waals surface area contributed by atoms with Gasteiger partial charge in [0.2, 0.25) is 36.7 Å². The third kappa shape index (κ3) is 24.0. The molecule has 8 aromatic rings. The van der Waals surface area contributed by atoms with Crippen LogP contribution in [0.5, 0.6) is 0 Å². The number of unbranched alkanes of at least 4 members (excludes halogenated alkanes) is 2. The molecule has 1 aromatic heterocycles. The quantitative estimate of drug-likeness (QED) is 0.00558. The van der Waals surface area contributed by atoms with Crippen LogP contribution in [-0.4, -0.2) is 191 Å². The molecule has 4 atom stereocenters. The molecule has 38 heteroatoms. The van der Waals surface area contributed by atoms with Gasteiger partial charge < -0.3 is 54.9 Å². The van der Waals surface area contributed by atoms with Crippen molar-refractivity contribution in [2.75, 3.05) is 76.9 Å². The summed E-state index contributed by atoms with van der Waals surface area (Å²) in [6.45, 7) is 13.5. The molecule has 31 nitrogen and oxygen atoms in total. The van der Waals surface area contributed by atoms with Gasteiger partial charge in [-0.3, -0.25) is 46.7 Å².